The summed E-state index contributed by atoms with van der Waals surface area (Å²) in [5.74, 6) is -0.460. The van der Waals surface area contributed by atoms with Crippen LogP contribution in [0.4, 0.5) is 0 Å². The second kappa shape index (κ2) is 7.59. The number of aromatic hydroxyl groups is 1. The highest BCUT2D eigenvalue weighted by Crippen LogP contribution is 2.25. The second-order valence-electron chi connectivity index (χ2n) is 6.48. The fourth-order valence-electron chi connectivity index (χ4n) is 3.47. The zero-order valence-corrected chi connectivity index (χ0v) is 14.5. The number of esters is 1. The van der Waals surface area contributed by atoms with Crippen molar-refractivity contribution in [3.05, 3.63) is 30.0 Å². The Morgan fingerprint density at radius 3 is 2.72 bits per heavy atom. The minimum absolute atomic E-state index is 0.0545. The summed E-state index contributed by atoms with van der Waals surface area (Å²) in [6.07, 6.45) is 5.54. The third-order valence-electron chi connectivity index (χ3n) is 4.64. The molecule has 0 bridgehead atoms. The number of rotatable bonds is 5. The van der Waals surface area contributed by atoms with Crippen molar-refractivity contribution in [2.75, 3.05) is 6.61 Å². The molecule has 25 heavy (non-hydrogen) atoms. The zero-order valence-electron chi connectivity index (χ0n) is 14.5. The number of hydrogen-bond donors (Lipinski definition) is 2. The van der Waals surface area contributed by atoms with Crippen molar-refractivity contribution in [1.82, 2.24) is 9.88 Å². The number of nitrogens with zero attached hydrogens (tertiary/aromatic N) is 1. The van der Waals surface area contributed by atoms with Crippen LogP contribution in [0.25, 0.3) is 10.9 Å². The Labute approximate surface area is 146 Å². The molecule has 2 aromatic rings. The quantitative estimate of drug-likeness (QED) is 0.817. The first-order chi connectivity index (χ1) is 12.1. The van der Waals surface area contributed by atoms with E-state index in [9.17, 15) is 14.7 Å². The lowest BCUT2D eigenvalue weighted by Gasteiger charge is -2.23. The van der Waals surface area contributed by atoms with Crippen LogP contribution in [0.1, 0.15) is 49.5 Å². The van der Waals surface area contributed by atoms with Gasteiger partial charge in [-0.05, 0) is 44.0 Å². The third-order valence-corrected chi connectivity index (χ3v) is 4.64. The SMILES string of the molecule is CCOC(=O)c1cc2cc(O)ccc2n1CC(=O)NC1CCCCC1. The van der Waals surface area contributed by atoms with Gasteiger partial charge in [0.15, 0.2) is 0 Å². The molecule has 1 aliphatic carbocycles. The highest BCUT2D eigenvalue weighted by Gasteiger charge is 2.21. The number of carbonyl (C=O) groups excluding carboxylic acids is 2. The number of benzene rings is 1. The largest absolute Gasteiger partial charge is 0.508 e. The molecule has 0 spiro atoms. The van der Waals surface area contributed by atoms with E-state index in [0.717, 1.165) is 31.2 Å². The van der Waals surface area contributed by atoms with E-state index in [2.05, 4.69) is 5.32 Å². The lowest BCUT2D eigenvalue weighted by Crippen LogP contribution is -2.38. The van der Waals surface area contributed by atoms with Crippen molar-refractivity contribution in [1.29, 1.82) is 0 Å². The van der Waals surface area contributed by atoms with Crippen molar-refractivity contribution in [3.8, 4) is 5.75 Å². The number of nitrogens with one attached hydrogen (secondary N) is 1. The van der Waals surface area contributed by atoms with Crippen molar-refractivity contribution in [2.45, 2.75) is 51.6 Å². The average Bonchev–Trinajstić information content (AvgIpc) is 2.93. The summed E-state index contributed by atoms with van der Waals surface area (Å²) in [6, 6.07) is 6.71. The Bertz CT molecular complexity index is 775. The van der Waals surface area contributed by atoms with Gasteiger partial charge in [0.25, 0.3) is 0 Å². The first-order valence-corrected chi connectivity index (χ1v) is 8.87. The van der Waals surface area contributed by atoms with Crippen molar-refractivity contribution in [3.63, 3.8) is 0 Å². The number of fused-ring (bicyclic) bond motifs is 1. The van der Waals surface area contributed by atoms with Gasteiger partial charge in [0.1, 0.15) is 18.0 Å². The van der Waals surface area contributed by atoms with Gasteiger partial charge in [-0.1, -0.05) is 19.3 Å². The first kappa shape index (κ1) is 17.3. The van der Waals surface area contributed by atoms with E-state index in [1.54, 1.807) is 35.8 Å². The van der Waals surface area contributed by atoms with Crippen LogP contribution in [-0.2, 0) is 16.1 Å². The number of amides is 1. The molecule has 0 radical (unpaired) electrons. The minimum atomic E-state index is -0.469. The summed E-state index contributed by atoms with van der Waals surface area (Å²) in [5, 5.41) is 13.4. The Morgan fingerprint density at radius 1 is 1.24 bits per heavy atom. The predicted octanol–water partition coefficient (Wildman–Crippen LogP) is 2.97. The van der Waals surface area contributed by atoms with Gasteiger partial charge in [-0.2, -0.15) is 0 Å². The van der Waals surface area contributed by atoms with Crippen LogP contribution in [-0.4, -0.2) is 34.2 Å². The molecule has 0 aliphatic heterocycles. The summed E-state index contributed by atoms with van der Waals surface area (Å²) in [7, 11) is 0. The molecule has 6 heteroatoms. The van der Waals surface area contributed by atoms with E-state index >= 15 is 0 Å². The van der Waals surface area contributed by atoms with E-state index in [-0.39, 0.29) is 30.9 Å². The van der Waals surface area contributed by atoms with E-state index in [4.69, 9.17) is 4.74 Å². The maximum Gasteiger partial charge on any atom is 0.354 e. The highest BCUT2D eigenvalue weighted by molar-refractivity contribution is 5.97. The van der Waals surface area contributed by atoms with Gasteiger partial charge >= 0.3 is 5.97 Å². The van der Waals surface area contributed by atoms with Gasteiger partial charge in [-0.15, -0.1) is 0 Å². The summed E-state index contributed by atoms with van der Waals surface area (Å²) < 4.78 is 6.76. The molecule has 2 N–H and O–H groups in total. The molecule has 1 heterocycles. The van der Waals surface area contributed by atoms with Crippen LogP contribution in [0.15, 0.2) is 24.3 Å². The van der Waals surface area contributed by atoms with Gasteiger partial charge in [0, 0.05) is 16.9 Å². The second-order valence-corrected chi connectivity index (χ2v) is 6.48. The fraction of sp³-hybridized carbons (Fsp3) is 0.474. The summed E-state index contributed by atoms with van der Waals surface area (Å²) in [5.41, 5.74) is 1.04. The number of aromatic nitrogens is 1. The maximum absolute atomic E-state index is 12.5. The summed E-state index contributed by atoms with van der Waals surface area (Å²) in [6.45, 7) is 2.06. The molecule has 1 amide bonds. The van der Waals surface area contributed by atoms with Gasteiger partial charge in [0.2, 0.25) is 5.91 Å². The molecule has 1 aliphatic rings. The molecule has 3 rings (SSSR count). The molecule has 134 valence electrons. The van der Waals surface area contributed by atoms with Gasteiger partial charge in [-0.3, -0.25) is 4.79 Å². The van der Waals surface area contributed by atoms with E-state index in [1.165, 1.54) is 6.42 Å². The monoisotopic (exact) mass is 344 g/mol. The fourth-order valence-corrected chi connectivity index (χ4v) is 3.47. The van der Waals surface area contributed by atoms with Crippen LogP contribution in [0.3, 0.4) is 0 Å². The Balaban J connectivity index is 1.85. The van der Waals surface area contributed by atoms with Crippen LogP contribution >= 0.6 is 0 Å². The van der Waals surface area contributed by atoms with Crippen molar-refractivity contribution < 1.29 is 19.4 Å². The number of ether oxygens (including phenoxy) is 1. The molecule has 1 aromatic carbocycles. The molecule has 0 unspecified atom stereocenters. The third kappa shape index (κ3) is 3.95. The standard InChI is InChI=1S/C19H24N2O4/c1-2-25-19(24)17-11-13-10-15(22)8-9-16(13)21(17)12-18(23)20-14-6-4-3-5-7-14/h8-11,14,22H,2-7,12H2,1H3,(H,20,23). The van der Waals surface area contributed by atoms with Crippen LogP contribution in [0.5, 0.6) is 5.75 Å². The van der Waals surface area contributed by atoms with E-state index in [1.807, 2.05) is 0 Å². The Hall–Kier alpha value is -2.50. The van der Waals surface area contributed by atoms with Gasteiger partial charge in [-0.25, -0.2) is 4.79 Å². The number of phenolic OH excluding ortho intramolecular Hbond substituents is 1. The highest BCUT2D eigenvalue weighted by atomic mass is 16.5. The Kier molecular flexibility index (Phi) is 5.26. The normalized spacial score (nSPS) is 15.2. The van der Waals surface area contributed by atoms with Crippen LogP contribution in [0, 0.1) is 0 Å². The van der Waals surface area contributed by atoms with E-state index in [0.29, 0.717) is 11.1 Å². The maximum atomic E-state index is 12.5. The molecule has 0 atom stereocenters. The predicted molar refractivity (Wildman–Crippen MR) is 94.6 cm³/mol. The minimum Gasteiger partial charge on any atom is -0.508 e. The molecule has 0 saturated heterocycles. The Morgan fingerprint density at radius 2 is 2.00 bits per heavy atom. The summed E-state index contributed by atoms with van der Waals surface area (Å²) >= 11 is 0. The molecule has 1 aromatic heterocycles. The molecule has 6 nitrogen and oxygen atoms in total. The van der Waals surface area contributed by atoms with Gasteiger partial charge in [0.05, 0.1) is 6.61 Å². The zero-order chi connectivity index (χ0) is 17.8. The number of carbonyl (C=O) groups is 2. The number of hydrogen-bond acceptors (Lipinski definition) is 4. The number of phenols is 1. The van der Waals surface area contributed by atoms with Gasteiger partial charge < -0.3 is 19.7 Å². The lowest BCUT2D eigenvalue weighted by molar-refractivity contribution is -0.122. The van der Waals surface area contributed by atoms with Crippen molar-refractivity contribution in [2.24, 2.45) is 0 Å². The lowest BCUT2D eigenvalue weighted by atomic mass is 9.95. The molecule has 1 fully saturated rings. The smallest absolute Gasteiger partial charge is 0.354 e. The average molecular weight is 344 g/mol. The molecular formula is C19H24N2O4. The van der Waals surface area contributed by atoms with Crippen molar-refractivity contribution >= 4 is 22.8 Å². The van der Waals surface area contributed by atoms with Crippen LogP contribution in [0.2, 0.25) is 0 Å². The summed E-state index contributed by atoms with van der Waals surface area (Å²) in [4.78, 5) is 24.7. The molecule has 1 saturated carbocycles. The van der Waals surface area contributed by atoms with Crippen LogP contribution < -0.4 is 5.32 Å². The first-order valence-electron chi connectivity index (χ1n) is 8.87. The topological polar surface area (TPSA) is 80.6 Å². The molecular weight excluding hydrogens is 320 g/mol. The van der Waals surface area contributed by atoms with E-state index < -0.39 is 5.97 Å².